The fraction of sp³-hybridized carbons (Fsp3) is 0.368. The molecular weight excluding hydrogens is 313 g/mol. The van der Waals surface area contributed by atoms with Crippen molar-refractivity contribution in [3.63, 3.8) is 0 Å². The van der Waals surface area contributed by atoms with Gasteiger partial charge in [-0.15, -0.1) is 0 Å². The first kappa shape index (κ1) is 15.9. The molecule has 0 spiro atoms. The lowest BCUT2D eigenvalue weighted by Crippen LogP contribution is -2.24. The molecule has 0 radical (unpaired) electrons. The van der Waals surface area contributed by atoms with E-state index in [1.165, 1.54) is 23.1 Å². The van der Waals surface area contributed by atoms with Crippen molar-refractivity contribution in [3.05, 3.63) is 69.2 Å². The number of hydrogen-bond donors (Lipinski definition) is 1. The standard InChI is InChI=1S/C19H21Cl2N/c1-12-10-14(20)11-17(21)18(12)15-8-5-9-16(15)19(22)13-6-3-2-4-7-13/h2-4,6-7,10-11,15-16,19H,5,8-9,22H2,1H3. The van der Waals surface area contributed by atoms with Crippen molar-refractivity contribution in [2.24, 2.45) is 11.7 Å². The largest absolute Gasteiger partial charge is 0.324 e. The van der Waals surface area contributed by atoms with E-state index in [9.17, 15) is 0 Å². The minimum Gasteiger partial charge on any atom is -0.324 e. The quantitative estimate of drug-likeness (QED) is 0.744. The van der Waals surface area contributed by atoms with Gasteiger partial charge in [0.2, 0.25) is 0 Å². The van der Waals surface area contributed by atoms with Crippen LogP contribution >= 0.6 is 23.2 Å². The predicted molar refractivity (Wildman–Crippen MR) is 94.7 cm³/mol. The molecule has 0 aromatic heterocycles. The van der Waals surface area contributed by atoms with Crippen LogP contribution in [0.4, 0.5) is 0 Å². The van der Waals surface area contributed by atoms with Crippen LogP contribution in [0.5, 0.6) is 0 Å². The molecule has 2 aromatic rings. The van der Waals surface area contributed by atoms with Gasteiger partial charge in [-0.2, -0.15) is 0 Å². The Morgan fingerprint density at radius 1 is 1.09 bits per heavy atom. The van der Waals surface area contributed by atoms with E-state index < -0.39 is 0 Å². The van der Waals surface area contributed by atoms with Crippen molar-refractivity contribution in [2.45, 2.75) is 38.1 Å². The first-order valence-corrected chi connectivity index (χ1v) is 8.59. The maximum atomic E-state index is 6.59. The summed E-state index contributed by atoms with van der Waals surface area (Å²) < 4.78 is 0. The summed E-state index contributed by atoms with van der Waals surface area (Å²) >= 11 is 12.6. The van der Waals surface area contributed by atoms with Crippen molar-refractivity contribution < 1.29 is 0 Å². The van der Waals surface area contributed by atoms with Crippen LogP contribution in [0.15, 0.2) is 42.5 Å². The molecule has 2 N–H and O–H groups in total. The van der Waals surface area contributed by atoms with Gasteiger partial charge in [-0.3, -0.25) is 0 Å². The Hall–Kier alpha value is -1.02. The maximum Gasteiger partial charge on any atom is 0.0458 e. The highest BCUT2D eigenvalue weighted by molar-refractivity contribution is 6.35. The molecule has 1 saturated carbocycles. The van der Waals surface area contributed by atoms with Gasteiger partial charge in [0.05, 0.1) is 0 Å². The van der Waals surface area contributed by atoms with Gasteiger partial charge in [0.1, 0.15) is 0 Å². The SMILES string of the molecule is Cc1cc(Cl)cc(Cl)c1C1CCCC1C(N)c1ccccc1. The zero-order valence-electron chi connectivity index (χ0n) is 12.7. The molecule has 2 aromatic carbocycles. The Morgan fingerprint density at radius 2 is 1.82 bits per heavy atom. The van der Waals surface area contributed by atoms with Gasteiger partial charge in [0.15, 0.2) is 0 Å². The summed E-state index contributed by atoms with van der Waals surface area (Å²) in [5.41, 5.74) is 10.2. The molecule has 1 aliphatic carbocycles. The molecule has 1 fully saturated rings. The molecule has 0 bridgehead atoms. The highest BCUT2D eigenvalue weighted by Crippen LogP contribution is 2.48. The molecule has 22 heavy (non-hydrogen) atoms. The molecule has 3 rings (SSSR count). The first-order chi connectivity index (χ1) is 10.6. The van der Waals surface area contributed by atoms with Crippen molar-refractivity contribution in [1.29, 1.82) is 0 Å². The van der Waals surface area contributed by atoms with Crippen LogP contribution < -0.4 is 5.73 Å². The van der Waals surface area contributed by atoms with Crippen molar-refractivity contribution in [1.82, 2.24) is 0 Å². The second-order valence-electron chi connectivity index (χ2n) is 6.26. The molecule has 116 valence electrons. The zero-order valence-corrected chi connectivity index (χ0v) is 14.2. The van der Waals surface area contributed by atoms with Crippen LogP contribution in [0.3, 0.4) is 0 Å². The van der Waals surface area contributed by atoms with E-state index in [2.05, 4.69) is 31.2 Å². The van der Waals surface area contributed by atoms with Gasteiger partial charge in [-0.05, 0) is 60.4 Å². The highest BCUT2D eigenvalue weighted by atomic mass is 35.5. The molecule has 3 unspecified atom stereocenters. The maximum absolute atomic E-state index is 6.59. The normalized spacial score (nSPS) is 22.7. The lowest BCUT2D eigenvalue weighted by molar-refractivity contribution is 0.399. The molecule has 0 amide bonds. The first-order valence-electron chi connectivity index (χ1n) is 7.84. The van der Waals surface area contributed by atoms with Gasteiger partial charge < -0.3 is 5.73 Å². The topological polar surface area (TPSA) is 26.0 Å². The number of halogens is 2. The number of benzene rings is 2. The van der Waals surface area contributed by atoms with E-state index in [0.29, 0.717) is 16.9 Å². The summed E-state index contributed by atoms with van der Waals surface area (Å²) in [6.07, 6.45) is 3.50. The predicted octanol–water partition coefficient (Wildman–Crippen LogP) is 5.89. The molecule has 0 heterocycles. The highest BCUT2D eigenvalue weighted by Gasteiger charge is 2.35. The van der Waals surface area contributed by atoms with Crippen LogP contribution in [0.2, 0.25) is 10.0 Å². The lowest BCUT2D eigenvalue weighted by Gasteiger charge is -2.28. The van der Waals surface area contributed by atoms with Crippen LogP contribution in [0, 0.1) is 12.8 Å². The summed E-state index contributed by atoms with van der Waals surface area (Å²) in [5.74, 6) is 0.847. The fourth-order valence-corrected chi connectivity index (χ4v) is 4.62. The Kier molecular flexibility index (Phi) is 4.77. The third-order valence-electron chi connectivity index (χ3n) is 4.89. The fourth-order valence-electron chi connectivity index (χ4n) is 3.88. The number of aryl methyl sites for hydroxylation is 1. The third kappa shape index (κ3) is 3.03. The Bertz CT molecular complexity index is 631. The molecule has 1 aliphatic rings. The van der Waals surface area contributed by atoms with Crippen LogP contribution in [0.25, 0.3) is 0 Å². The molecule has 0 saturated heterocycles. The summed E-state index contributed by atoms with van der Waals surface area (Å²) in [7, 11) is 0. The van der Waals surface area contributed by atoms with E-state index in [4.69, 9.17) is 28.9 Å². The van der Waals surface area contributed by atoms with E-state index in [0.717, 1.165) is 17.9 Å². The van der Waals surface area contributed by atoms with Gasteiger partial charge in [-0.25, -0.2) is 0 Å². The lowest BCUT2D eigenvalue weighted by atomic mass is 9.80. The Labute approximate surface area is 142 Å². The van der Waals surface area contributed by atoms with Crippen molar-refractivity contribution in [2.75, 3.05) is 0 Å². The van der Waals surface area contributed by atoms with Gasteiger partial charge >= 0.3 is 0 Å². The van der Waals surface area contributed by atoms with Crippen LogP contribution in [0.1, 0.15) is 47.9 Å². The molecule has 3 atom stereocenters. The molecule has 3 heteroatoms. The summed E-state index contributed by atoms with van der Waals surface area (Å²) in [6, 6.07) is 14.3. The molecule has 0 aliphatic heterocycles. The minimum atomic E-state index is 0.0554. The number of nitrogens with two attached hydrogens (primary N) is 1. The minimum absolute atomic E-state index is 0.0554. The summed E-state index contributed by atoms with van der Waals surface area (Å²) in [5, 5.41) is 1.48. The number of hydrogen-bond acceptors (Lipinski definition) is 1. The Balaban J connectivity index is 1.94. The van der Waals surface area contributed by atoms with Gasteiger partial charge in [0.25, 0.3) is 0 Å². The molecule has 1 nitrogen and oxygen atoms in total. The monoisotopic (exact) mass is 333 g/mol. The Morgan fingerprint density at radius 3 is 2.50 bits per heavy atom. The second kappa shape index (κ2) is 6.62. The smallest absolute Gasteiger partial charge is 0.0458 e. The van der Waals surface area contributed by atoms with Crippen molar-refractivity contribution in [3.8, 4) is 0 Å². The van der Waals surface area contributed by atoms with Gasteiger partial charge in [-0.1, -0.05) is 60.0 Å². The van der Waals surface area contributed by atoms with Crippen LogP contribution in [-0.4, -0.2) is 0 Å². The molecular formula is C19H21Cl2N. The van der Waals surface area contributed by atoms with E-state index in [-0.39, 0.29) is 6.04 Å². The van der Waals surface area contributed by atoms with Crippen LogP contribution in [-0.2, 0) is 0 Å². The number of rotatable bonds is 3. The van der Waals surface area contributed by atoms with E-state index in [1.807, 2.05) is 18.2 Å². The van der Waals surface area contributed by atoms with Gasteiger partial charge in [0, 0.05) is 16.1 Å². The summed E-state index contributed by atoms with van der Waals surface area (Å²) in [6.45, 7) is 2.09. The average Bonchev–Trinajstić information content (AvgIpc) is 2.95. The average molecular weight is 334 g/mol. The van der Waals surface area contributed by atoms with E-state index in [1.54, 1.807) is 0 Å². The van der Waals surface area contributed by atoms with Crippen molar-refractivity contribution >= 4 is 23.2 Å². The second-order valence-corrected chi connectivity index (χ2v) is 7.10. The third-order valence-corrected chi connectivity index (χ3v) is 5.42. The van der Waals surface area contributed by atoms with E-state index >= 15 is 0 Å². The summed E-state index contributed by atoms with van der Waals surface area (Å²) in [4.78, 5) is 0. The zero-order chi connectivity index (χ0) is 15.7.